The number of nitrogens with zero attached hydrogens (tertiary/aromatic N) is 1. The van der Waals surface area contributed by atoms with Crippen LogP contribution in [0.3, 0.4) is 0 Å². The zero-order valence-corrected chi connectivity index (χ0v) is 15.6. The Hall–Kier alpha value is -4.07. The average molecular weight is 409 g/mol. The summed E-state index contributed by atoms with van der Waals surface area (Å²) < 4.78 is 23.5. The molecule has 0 aromatic heterocycles. The number of esters is 2. The van der Waals surface area contributed by atoms with E-state index in [0.29, 0.717) is 11.3 Å². The van der Waals surface area contributed by atoms with Gasteiger partial charge < -0.3 is 9.47 Å². The third-order valence-corrected chi connectivity index (χ3v) is 4.07. The van der Waals surface area contributed by atoms with E-state index in [1.807, 2.05) is 36.4 Å². The Morgan fingerprint density at radius 2 is 1.43 bits per heavy atom. The van der Waals surface area contributed by atoms with Crippen molar-refractivity contribution in [3.8, 4) is 22.6 Å². The fraction of sp³-hybridized carbons (Fsp3) is 0.0909. The van der Waals surface area contributed by atoms with E-state index in [1.165, 1.54) is 0 Å². The maximum atomic E-state index is 13.3. The van der Waals surface area contributed by atoms with Crippen molar-refractivity contribution in [2.75, 3.05) is 0 Å². The summed E-state index contributed by atoms with van der Waals surface area (Å²) >= 11 is 0. The van der Waals surface area contributed by atoms with Crippen molar-refractivity contribution >= 4 is 17.6 Å². The lowest BCUT2D eigenvalue weighted by Crippen LogP contribution is -2.15. The molecular weight excluding hydrogens is 393 g/mol. The Kier molecular flexibility index (Phi) is 6.49. The van der Waals surface area contributed by atoms with Gasteiger partial charge in [-0.05, 0) is 17.7 Å². The number of nitro groups is 1. The molecular formula is C22H16FNO6. The molecule has 0 unspecified atom stereocenters. The standard InChI is InChI=1S/C22H16FNO6/c23-16-10-11-18(24(27)28)20(14-16)30-22(26)13-12-21(25)29-19-9-5-4-8-17(19)15-6-2-1-3-7-15/h1-11,14H,12-13H2. The Morgan fingerprint density at radius 1 is 0.833 bits per heavy atom. The number of para-hydroxylation sites is 1. The van der Waals surface area contributed by atoms with Gasteiger partial charge in [-0.2, -0.15) is 0 Å². The molecule has 3 aromatic rings. The second kappa shape index (κ2) is 9.42. The minimum atomic E-state index is -0.919. The van der Waals surface area contributed by atoms with Gasteiger partial charge >= 0.3 is 17.6 Å². The van der Waals surface area contributed by atoms with Gasteiger partial charge in [0.25, 0.3) is 0 Å². The lowest BCUT2D eigenvalue weighted by atomic mass is 10.1. The van der Waals surface area contributed by atoms with Gasteiger partial charge in [-0.15, -0.1) is 0 Å². The lowest BCUT2D eigenvalue weighted by Gasteiger charge is -2.10. The first kappa shape index (κ1) is 20.7. The SMILES string of the molecule is O=C(CCC(=O)Oc1cc(F)ccc1[N+](=O)[O-])Oc1ccccc1-c1ccccc1. The number of nitro benzene ring substituents is 1. The van der Waals surface area contributed by atoms with E-state index in [4.69, 9.17) is 9.47 Å². The van der Waals surface area contributed by atoms with E-state index in [0.717, 1.165) is 23.8 Å². The van der Waals surface area contributed by atoms with Crippen molar-refractivity contribution in [3.05, 3.63) is 88.7 Å². The lowest BCUT2D eigenvalue weighted by molar-refractivity contribution is -0.385. The number of rotatable bonds is 7. The second-order valence-electron chi connectivity index (χ2n) is 6.18. The number of benzene rings is 3. The van der Waals surface area contributed by atoms with E-state index >= 15 is 0 Å². The van der Waals surface area contributed by atoms with Gasteiger partial charge in [0.05, 0.1) is 17.8 Å². The van der Waals surface area contributed by atoms with Gasteiger partial charge in [-0.1, -0.05) is 48.5 Å². The highest BCUT2D eigenvalue weighted by Crippen LogP contribution is 2.30. The van der Waals surface area contributed by atoms with Crippen LogP contribution in [0.5, 0.6) is 11.5 Å². The molecule has 0 bridgehead atoms. The average Bonchev–Trinajstić information content (AvgIpc) is 2.73. The van der Waals surface area contributed by atoms with Crippen LogP contribution in [0.1, 0.15) is 12.8 Å². The molecule has 0 atom stereocenters. The summed E-state index contributed by atoms with van der Waals surface area (Å²) in [5.41, 5.74) is 1.02. The maximum absolute atomic E-state index is 13.3. The molecule has 0 aliphatic carbocycles. The second-order valence-corrected chi connectivity index (χ2v) is 6.18. The molecule has 0 fully saturated rings. The Labute approximate surface area is 170 Å². The van der Waals surface area contributed by atoms with Crippen molar-refractivity contribution in [1.82, 2.24) is 0 Å². The van der Waals surface area contributed by atoms with E-state index in [-0.39, 0.29) is 12.8 Å². The summed E-state index contributed by atoms with van der Waals surface area (Å²) in [6.07, 6.45) is -0.703. The van der Waals surface area contributed by atoms with Crippen LogP contribution in [0.2, 0.25) is 0 Å². The highest BCUT2D eigenvalue weighted by atomic mass is 19.1. The Morgan fingerprint density at radius 3 is 2.10 bits per heavy atom. The molecule has 0 heterocycles. The molecule has 0 amide bonds. The normalized spacial score (nSPS) is 10.3. The molecule has 0 saturated carbocycles. The monoisotopic (exact) mass is 409 g/mol. The van der Waals surface area contributed by atoms with Gasteiger partial charge in [0, 0.05) is 17.7 Å². The summed E-state index contributed by atoms with van der Waals surface area (Å²) in [5, 5.41) is 11.0. The van der Waals surface area contributed by atoms with Crippen molar-refractivity contribution in [2.24, 2.45) is 0 Å². The van der Waals surface area contributed by atoms with Crippen LogP contribution in [0.4, 0.5) is 10.1 Å². The van der Waals surface area contributed by atoms with Crippen molar-refractivity contribution < 1.29 is 28.4 Å². The third-order valence-electron chi connectivity index (χ3n) is 4.07. The molecule has 0 aliphatic rings. The number of ether oxygens (including phenoxy) is 2. The molecule has 0 N–H and O–H groups in total. The Bertz CT molecular complexity index is 1080. The Balaban J connectivity index is 1.62. The van der Waals surface area contributed by atoms with Gasteiger partial charge in [0.1, 0.15) is 11.6 Å². The minimum Gasteiger partial charge on any atom is -0.426 e. The van der Waals surface area contributed by atoms with Crippen LogP contribution in [0.15, 0.2) is 72.8 Å². The van der Waals surface area contributed by atoms with Gasteiger partial charge in [0.15, 0.2) is 0 Å². The maximum Gasteiger partial charge on any atom is 0.312 e. The number of halogens is 1. The van der Waals surface area contributed by atoms with Crippen LogP contribution >= 0.6 is 0 Å². The third kappa shape index (κ3) is 5.26. The first-order chi connectivity index (χ1) is 14.4. The predicted molar refractivity (Wildman–Crippen MR) is 105 cm³/mol. The first-order valence-electron chi connectivity index (χ1n) is 8.94. The molecule has 3 aromatic carbocycles. The van der Waals surface area contributed by atoms with Gasteiger partial charge in [-0.3, -0.25) is 19.7 Å². The number of carbonyl (C=O) groups excluding carboxylic acids is 2. The number of hydrogen-bond acceptors (Lipinski definition) is 6. The molecule has 0 saturated heterocycles. The van der Waals surface area contributed by atoms with Gasteiger partial charge in [-0.25, -0.2) is 4.39 Å². The zero-order valence-electron chi connectivity index (χ0n) is 15.6. The highest BCUT2D eigenvalue weighted by molar-refractivity contribution is 5.82. The summed E-state index contributed by atoms with van der Waals surface area (Å²) in [4.78, 5) is 34.3. The number of carbonyl (C=O) groups is 2. The van der Waals surface area contributed by atoms with E-state index in [2.05, 4.69) is 0 Å². The number of hydrogen-bond donors (Lipinski definition) is 0. The molecule has 8 heteroatoms. The first-order valence-corrected chi connectivity index (χ1v) is 8.94. The molecule has 0 spiro atoms. The van der Waals surface area contributed by atoms with Gasteiger partial charge in [0.2, 0.25) is 5.75 Å². The van der Waals surface area contributed by atoms with Crippen molar-refractivity contribution in [3.63, 3.8) is 0 Å². The summed E-state index contributed by atoms with van der Waals surface area (Å²) in [7, 11) is 0. The fourth-order valence-corrected chi connectivity index (χ4v) is 2.68. The quantitative estimate of drug-likeness (QED) is 0.243. The molecule has 0 aliphatic heterocycles. The van der Waals surface area contributed by atoms with Crippen LogP contribution in [0, 0.1) is 15.9 Å². The minimum absolute atomic E-state index is 0.314. The van der Waals surface area contributed by atoms with Crippen molar-refractivity contribution in [1.29, 1.82) is 0 Å². The zero-order chi connectivity index (χ0) is 21.5. The van der Waals surface area contributed by atoms with Crippen LogP contribution in [-0.2, 0) is 9.59 Å². The van der Waals surface area contributed by atoms with Crippen molar-refractivity contribution in [2.45, 2.75) is 12.8 Å². The largest absolute Gasteiger partial charge is 0.426 e. The molecule has 152 valence electrons. The van der Waals surface area contributed by atoms with Crippen LogP contribution in [-0.4, -0.2) is 16.9 Å². The summed E-state index contributed by atoms with van der Waals surface area (Å²) in [5.74, 6) is -2.57. The molecule has 0 radical (unpaired) electrons. The molecule has 3 rings (SSSR count). The molecule has 30 heavy (non-hydrogen) atoms. The predicted octanol–water partition coefficient (Wildman–Crippen LogP) is 4.69. The summed E-state index contributed by atoms with van der Waals surface area (Å²) in [6.45, 7) is 0. The van der Waals surface area contributed by atoms with Crippen LogP contribution < -0.4 is 9.47 Å². The van der Waals surface area contributed by atoms with Crippen LogP contribution in [0.25, 0.3) is 11.1 Å². The fourth-order valence-electron chi connectivity index (χ4n) is 2.68. The van der Waals surface area contributed by atoms with E-state index in [9.17, 15) is 24.1 Å². The highest BCUT2D eigenvalue weighted by Gasteiger charge is 2.20. The smallest absolute Gasteiger partial charge is 0.312 e. The topological polar surface area (TPSA) is 95.7 Å². The van der Waals surface area contributed by atoms with E-state index in [1.54, 1.807) is 18.2 Å². The van der Waals surface area contributed by atoms with E-state index < -0.39 is 34.1 Å². The molecule has 7 nitrogen and oxygen atoms in total. The summed E-state index contributed by atoms with van der Waals surface area (Å²) in [6, 6.07) is 18.8.